The van der Waals surface area contributed by atoms with Crippen molar-refractivity contribution in [3.63, 3.8) is 0 Å². The molecule has 0 radical (unpaired) electrons. The fourth-order valence-electron chi connectivity index (χ4n) is 1.63. The second kappa shape index (κ2) is 5.98. The molecular weight excluding hydrogens is 242 g/mol. The van der Waals surface area contributed by atoms with Crippen LogP contribution in [0.2, 0.25) is 0 Å². The number of nitrogens with two attached hydrogens (primary N) is 1. The van der Waals surface area contributed by atoms with Crippen LogP contribution in [0, 0.1) is 13.8 Å². The van der Waals surface area contributed by atoms with E-state index in [0.29, 0.717) is 0 Å². The van der Waals surface area contributed by atoms with Gasteiger partial charge in [0.15, 0.2) is 0 Å². The van der Waals surface area contributed by atoms with Gasteiger partial charge in [0.2, 0.25) is 0 Å². The first kappa shape index (κ1) is 13.1. The zero-order valence-corrected chi connectivity index (χ0v) is 11.4. The molecule has 94 valence electrons. The molecule has 1 heterocycles. The lowest BCUT2D eigenvalue weighted by Crippen LogP contribution is -2.13. The maximum absolute atomic E-state index is 6.20. The minimum atomic E-state index is 0.0317. The standard InChI is InChI=1S/C14H17N3S/c1-10-3-4-12(7-11(10)2)13(15)8-18-14-5-6-16-9-17-14/h3-7,9,13H,8,15H2,1-2H3. The molecule has 2 N–H and O–H groups in total. The molecule has 0 amide bonds. The van der Waals surface area contributed by atoms with Crippen molar-refractivity contribution in [1.82, 2.24) is 9.97 Å². The van der Waals surface area contributed by atoms with E-state index >= 15 is 0 Å². The van der Waals surface area contributed by atoms with Crippen LogP contribution in [0.15, 0.2) is 41.8 Å². The molecule has 2 rings (SSSR count). The van der Waals surface area contributed by atoms with E-state index in [2.05, 4.69) is 42.0 Å². The molecule has 18 heavy (non-hydrogen) atoms. The van der Waals surface area contributed by atoms with E-state index in [1.165, 1.54) is 16.7 Å². The first-order chi connectivity index (χ1) is 8.66. The van der Waals surface area contributed by atoms with Gasteiger partial charge >= 0.3 is 0 Å². The number of hydrogen-bond acceptors (Lipinski definition) is 4. The minimum absolute atomic E-state index is 0.0317. The molecule has 0 aliphatic rings. The summed E-state index contributed by atoms with van der Waals surface area (Å²) < 4.78 is 0. The van der Waals surface area contributed by atoms with Crippen LogP contribution < -0.4 is 5.73 Å². The Balaban J connectivity index is 1.99. The highest BCUT2D eigenvalue weighted by Crippen LogP contribution is 2.22. The molecule has 3 nitrogen and oxygen atoms in total. The van der Waals surface area contributed by atoms with Gasteiger partial charge in [0, 0.05) is 18.0 Å². The summed E-state index contributed by atoms with van der Waals surface area (Å²) >= 11 is 1.66. The Morgan fingerprint density at radius 1 is 1.22 bits per heavy atom. The van der Waals surface area contributed by atoms with Crippen LogP contribution in [0.25, 0.3) is 0 Å². The van der Waals surface area contributed by atoms with Crippen molar-refractivity contribution >= 4 is 11.8 Å². The van der Waals surface area contributed by atoms with E-state index < -0.39 is 0 Å². The third kappa shape index (κ3) is 3.31. The van der Waals surface area contributed by atoms with Gasteiger partial charge in [0.25, 0.3) is 0 Å². The number of aromatic nitrogens is 2. The highest BCUT2D eigenvalue weighted by Gasteiger charge is 2.08. The third-order valence-corrected chi connectivity index (χ3v) is 3.99. The van der Waals surface area contributed by atoms with Crippen molar-refractivity contribution in [1.29, 1.82) is 0 Å². The lowest BCUT2D eigenvalue weighted by atomic mass is 10.0. The van der Waals surface area contributed by atoms with E-state index in [1.807, 2.05) is 6.07 Å². The van der Waals surface area contributed by atoms with Crippen LogP contribution in [0.1, 0.15) is 22.7 Å². The van der Waals surface area contributed by atoms with Crippen LogP contribution in [-0.4, -0.2) is 15.7 Å². The van der Waals surface area contributed by atoms with Gasteiger partial charge in [-0.05, 0) is 36.6 Å². The van der Waals surface area contributed by atoms with Crippen LogP contribution in [0.4, 0.5) is 0 Å². The molecule has 0 saturated heterocycles. The van der Waals surface area contributed by atoms with Gasteiger partial charge in [-0.3, -0.25) is 0 Å². The second-order valence-electron chi connectivity index (χ2n) is 4.31. The van der Waals surface area contributed by atoms with Gasteiger partial charge in [-0.1, -0.05) is 18.2 Å². The molecule has 0 saturated carbocycles. The van der Waals surface area contributed by atoms with E-state index in [-0.39, 0.29) is 6.04 Å². The number of benzene rings is 1. The molecule has 0 aliphatic carbocycles. The molecule has 0 aliphatic heterocycles. The summed E-state index contributed by atoms with van der Waals surface area (Å²) in [7, 11) is 0. The average Bonchev–Trinajstić information content (AvgIpc) is 2.40. The van der Waals surface area contributed by atoms with Crippen molar-refractivity contribution in [3.8, 4) is 0 Å². The van der Waals surface area contributed by atoms with Crippen LogP contribution >= 0.6 is 11.8 Å². The molecule has 1 atom stereocenters. The predicted molar refractivity (Wildman–Crippen MR) is 75.6 cm³/mol. The van der Waals surface area contributed by atoms with E-state index in [9.17, 15) is 0 Å². The van der Waals surface area contributed by atoms with Crippen LogP contribution in [0.5, 0.6) is 0 Å². The largest absolute Gasteiger partial charge is 0.323 e. The van der Waals surface area contributed by atoms with Gasteiger partial charge < -0.3 is 5.73 Å². The Kier molecular flexibility index (Phi) is 4.33. The highest BCUT2D eigenvalue weighted by atomic mass is 32.2. The molecular formula is C14H17N3S. The number of rotatable bonds is 4. The van der Waals surface area contributed by atoms with Crippen molar-refractivity contribution in [2.75, 3.05) is 5.75 Å². The molecule has 1 aromatic heterocycles. The summed E-state index contributed by atoms with van der Waals surface area (Å²) in [5, 5.41) is 0.962. The van der Waals surface area contributed by atoms with Gasteiger partial charge in [0.1, 0.15) is 6.33 Å². The fraction of sp³-hybridized carbons (Fsp3) is 0.286. The van der Waals surface area contributed by atoms with Crippen LogP contribution in [-0.2, 0) is 0 Å². The molecule has 2 aromatic rings. The number of aryl methyl sites for hydroxylation is 2. The van der Waals surface area contributed by atoms with Gasteiger partial charge in [-0.25, -0.2) is 9.97 Å². The van der Waals surface area contributed by atoms with Crippen molar-refractivity contribution in [3.05, 3.63) is 53.5 Å². The highest BCUT2D eigenvalue weighted by molar-refractivity contribution is 7.99. The summed E-state index contributed by atoms with van der Waals surface area (Å²) in [5.41, 5.74) is 9.97. The summed E-state index contributed by atoms with van der Waals surface area (Å²) in [6.45, 7) is 4.23. The number of nitrogens with zero attached hydrogens (tertiary/aromatic N) is 2. The lowest BCUT2D eigenvalue weighted by molar-refractivity contribution is 0.827. The zero-order valence-electron chi connectivity index (χ0n) is 10.6. The normalized spacial score (nSPS) is 12.4. The van der Waals surface area contributed by atoms with Crippen molar-refractivity contribution < 1.29 is 0 Å². The molecule has 4 heteroatoms. The van der Waals surface area contributed by atoms with Crippen molar-refractivity contribution in [2.45, 2.75) is 24.9 Å². The molecule has 0 fully saturated rings. The Morgan fingerprint density at radius 3 is 2.72 bits per heavy atom. The molecule has 1 unspecified atom stereocenters. The Labute approximate surface area is 112 Å². The Bertz CT molecular complexity index is 514. The lowest BCUT2D eigenvalue weighted by Gasteiger charge is -2.13. The minimum Gasteiger partial charge on any atom is -0.323 e. The predicted octanol–water partition coefficient (Wildman–Crippen LogP) is 2.89. The topological polar surface area (TPSA) is 51.8 Å². The SMILES string of the molecule is Cc1ccc(C(N)CSc2ccncn2)cc1C. The second-order valence-corrected chi connectivity index (χ2v) is 5.35. The third-order valence-electron chi connectivity index (χ3n) is 2.92. The summed E-state index contributed by atoms with van der Waals surface area (Å²) in [6, 6.07) is 8.33. The maximum atomic E-state index is 6.20. The molecule has 0 bridgehead atoms. The summed E-state index contributed by atoms with van der Waals surface area (Å²) in [5.74, 6) is 0.819. The van der Waals surface area contributed by atoms with Crippen molar-refractivity contribution in [2.24, 2.45) is 5.73 Å². The van der Waals surface area contributed by atoms with E-state index in [4.69, 9.17) is 5.73 Å². The average molecular weight is 259 g/mol. The van der Waals surface area contributed by atoms with E-state index in [1.54, 1.807) is 24.3 Å². The van der Waals surface area contributed by atoms with Gasteiger partial charge in [-0.2, -0.15) is 0 Å². The Hall–Kier alpha value is -1.39. The Morgan fingerprint density at radius 2 is 2.06 bits per heavy atom. The number of hydrogen-bond donors (Lipinski definition) is 1. The maximum Gasteiger partial charge on any atom is 0.116 e. The summed E-state index contributed by atoms with van der Waals surface area (Å²) in [6.07, 6.45) is 3.31. The molecule has 0 spiro atoms. The van der Waals surface area contributed by atoms with Gasteiger partial charge in [0.05, 0.1) is 5.03 Å². The quantitative estimate of drug-likeness (QED) is 0.677. The zero-order chi connectivity index (χ0) is 13.0. The van der Waals surface area contributed by atoms with E-state index in [0.717, 1.165) is 10.8 Å². The van der Waals surface area contributed by atoms with Crippen LogP contribution in [0.3, 0.4) is 0 Å². The van der Waals surface area contributed by atoms with Gasteiger partial charge in [-0.15, -0.1) is 11.8 Å². The summed E-state index contributed by atoms with van der Waals surface area (Å²) in [4.78, 5) is 8.07. The number of thioether (sulfide) groups is 1. The monoisotopic (exact) mass is 259 g/mol. The molecule has 1 aromatic carbocycles. The first-order valence-corrected chi connectivity index (χ1v) is 6.87. The first-order valence-electron chi connectivity index (χ1n) is 5.88. The fourth-order valence-corrected chi connectivity index (χ4v) is 2.45. The smallest absolute Gasteiger partial charge is 0.116 e.